The lowest BCUT2D eigenvalue weighted by Crippen LogP contribution is -2.20. The average molecular weight is 315 g/mol. The van der Waals surface area contributed by atoms with Crippen LogP contribution in [0.15, 0.2) is 53.6 Å². The largest absolute Gasteiger partial charge is 0.271 e. The number of nitrogens with one attached hydrogen (secondary N) is 1. The number of carbonyl (C=O) groups excluding carboxylic acids is 1. The molecule has 1 amide bonds. The fourth-order valence-electron chi connectivity index (χ4n) is 2.06. The predicted octanol–water partition coefficient (Wildman–Crippen LogP) is 4.39. The molecule has 0 fully saturated rings. The first-order valence-corrected chi connectivity index (χ1v) is 7.63. The zero-order valence-electron chi connectivity index (χ0n) is 12.8. The normalized spacial score (nSPS) is 11.3. The van der Waals surface area contributed by atoms with Crippen molar-refractivity contribution in [3.05, 3.63) is 70.2 Å². The van der Waals surface area contributed by atoms with E-state index in [-0.39, 0.29) is 5.91 Å². The fourth-order valence-corrected chi connectivity index (χ4v) is 2.17. The van der Waals surface area contributed by atoms with Crippen LogP contribution in [-0.4, -0.2) is 11.6 Å². The van der Waals surface area contributed by atoms with Crippen molar-refractivity contribution in [2.24, 2.45) is 5.10 Å². The van der Waals surface area contributed by atoms with Crippen molar-refractivity contribution in [1.82, 2.24) is 5.43 Å². The van der Waals surface area contributed by atoms with E-state index in [0.29, 0.717) is 10.6 Å². The smallest absolute Gasteiger partial charge is 0.267 e. The van der Waals surface area contributed by atoms with Crippen molar-refractivity contribution < 1.29 is 4.79 Å². The number of hydrogen-bond acceptors (Lipinski definition) is 2. The first-order valence-electron chi connectivity index (χ1n) is 7.26. The van der Waals surface area contributed by atoms with Gasteiger partial charge in [0.05, 0.1) is 0 Å². The van der Waals surface area contributed by atoms with Crippen LogP contribution >= 0.6 is 11.6 Å². The number of carbonyl (C=O) groups is 1. The van der Waals surface area contributed by atoms with E-state index in [1.54, 1.807) is 18.2 Å². The summed E-state index contributed by atoms with van der Waals surface area (Å²) in [7, 11) is 0. The van der Waals surface area contributed by atoms with Gasteiger partial charge in [0, 0.05) is 22.7 Å². The molecule has 0 radical (unpaired) electrons. The molecule has 0 saturated heterocycles. The Balaban J connectivity index is 2.04. The maximum Gasteiger partial charge on any atom is 0.271 e. The molecule has 3 nitrogen and oxygen atoms in total. The fraction of sp³-hybridized carbons (Fsp3) is 0.222. The van der Waals surface area contributed by atoms with Crippen LogP contribution in [0.2, 0.25) is 5.02 Å². The molecular weight excluding hydrogens is 296 g/mol. The van der Waals surface area contributed by atoms with Crippen molar-refractivity contribution in [2.45, 2.75) is 26.7 Å². The maximum absolute atomic E-state index is 12.1. The molecular formula is C18H19ClN2O. The Hall–Kier alpha value is -2.13. The number of benzene rings is 2. The van der Waals surface area contributed by atoms with Crippen LogP contribution in [0.25, 0.3) is 0 Å². The van der Waals surface area contributed by atoms with Gasteiger partial charge >= 0.3 is 0 Å². The minimum Gasteiger partial charge on any atom is -0.267 e. The van der Waals surface area contributed by atoms with Crippen LogP contribution in [0.5, 0.6) is 0 Å². The van der Waals surface area contributed by atoms with Gasteiger partial charge in [-0.05, 0) is 42.7 Å². The van der Waals surface area contributed by atoms with E-state index < -0.39 is 0 Å². The number of rotatable bonds is 5. The van der Waals surface area contributed by atoms with Gasteiger partial charge in [-0.1, -0.05) is 48.9 Å². The molecule has 2 rings (SSSR count). The summed E-state index contributed by atoms with van der Waals surface area (Å²) < 4.78 is 0. The van der Waals surface area contributed by atoms with Crippen molar-refractivity contribution in [3.8, 4) is 0 Å². The Morgan fingerprint density at radius 3 is 2.55 bits per heavy atom. The second-order valence-electron chi connectivity index (χ2n) is 5.10. The van der Waals surface area contributed by atoms with E-state index in [2.05, 4.69) is 22.7 Å². The highest BCUT2D eigenvalue weighted by Gasteiger charge is 2.07. The van der Waals surface area contributed by atoms with Gasteiger partial charge in [-0.2, -0.15) is 5.10 Å². The molecule has 0 spiro atoms. The Labute approximate surface area is 136 Å². The van der Waals surface area contributed by atoms with Crippen molar-refractivity contribution in [2.75, 3.05) is 0 Å². The Morgan fingerprint density at radius 1 is 1.18 bits per heavy atom. The molecule has 0 heterocycles. The molecule has 0 atom stereocenters. The topological polar surface area (TPSA) is 41.5 Å². The molecule has 1 N–H and O–H groups in total. The van der Waals surface area contributed by atoms with Crippen LogP contribution in [0.3, 0.4) is 0 Å². The molecule has 0 aromatic heterocycles. The van der Waals surface area contributed by atoms with E-state index in [1.807, 2.05) is 32.0 Å². The SMILES string of the molecule is CC/C(Cc1ccccc1)=N/NC(=O)c1ccc(Cl)c(C)c1. The van der Waals surface area contributed by atoms with Crippen molar-refractivity contribution in [3.63, 3.8) is 0 Å². The summed E-state index contributed by atoms with van der Waals surface area (Å²) >= 11 is 5.97. The van der Waals surface area contributed by atoms with Gasteiger partial charge in [-0.3, -0.25) is 4.79 Å². The summed E-state index contributed by atoms with van der Waals surface area (Å²) in [6, 6.07) is 15.3. The molecule has 0 aliphatic rings. The number of amides is 1. The lowest BCUT2D eigenvalue weighted by atomic mass is 10.1. The van der Waals surface area contributed by atoms with Crippen LogP contribution in [0.4, 0.5) is 0 Å². The number of halogens is 1. The lowest BCUT2D eigenvalue weighted by molar-refractivity contribution is 0.0954. The second-order valence-corrected chi connectivity index (χ2v) is 5.51. The third-order valence-corrected chi connectivity index (χ3v) is 3.82. The molecule has 2 aromatic rings. The first-order chi connectivity index (χ1) is 10.6. The van der Waals surface area contributed by atoms with E-state index >= 15 is 0 Å². The number of hydrazone groups is 1. The highest BCUT2D eigenvalue weighted by atomic mass is 35.5. The van der Waals surface area contributed by atoms with E-state index in [4.69, 9.17) is 11.6 Å². The van der Waals surface area contributed by atoms with Gasteiger partial charge in [0.25, 0.3) is 5.91 Å². The molecule has 0 bridgehead atoms. The summed E-state index contributed by atoms with van der Waals surface area (Å²) in [6.45, 7) is 3.90. The molecule has 0 aliphatic carbocycles. The summed E-state index contributed by atoms with van der Waals surface area (Å²) in [5.74, 6) is -0.223. The van der Waals surface area contributed by atoms with Gasteiger partial charge in [0.1, 0.15) is 0 Å². The maximum atomic E-state index is 12.1. The number of aryl methyl sites for hydroxylation is 1. The van der Waals surface area contributed by atoms with Gasteiger partial charge in [-0.15, -0.1) is 0 Å². The average Bonchev–Trinajstić information content (AvgIpc) is 2.54. The molecule has 2 aromatic carbocycles. The Kier molecular flexibility index (Phi) is 5.73. The Morgan fingerprint density at radius 2 is 1.91 bits per heavy atom. The standard InChI is InChI=1S/C18H19ClN2O/c1-3-16(12-14-7-5-4-6-8-14)20-21-18(22)15-9-10-17(19)13(2)11-15/h4-11H,3,12H2,1-2H3,(H,21,22)/b20-16-. The summed E-state index contributed by atoms with van der Waals surface area (Å²) in [4.78, 5) is 12.1. The highest BCUT2D eigenvalue weighted by Crippen LogP contribution is 2.16. The lowest BCUT2D eigenvalue weighted by Gasteiger charge is -2.06. The van der Waals surface area contributed by atoms with E-state index in [0.717, 1.165) is 24.1 Å². The summed E-state index contributed by atoms with van der Waals surface area (Å²) in [5, 5.41) is 4.90. The zero-order chi connectivity index (χ0) is 15.9. The molecule has 0 aliphatic heterocycles. The third-order valence-electron chi connectivity index (χ3n) is 3.39. The minimum absolute atomic E-state index is 0.223. The second kappa shape index (κ2) is 7.76. The van der Waals surface area contributed by atoms with Crippen molar-refractivity contribution in [1.29, 1.82) is 0 Å². The molecule has 22 heavy (non-hydrogen) atoms. The van der Waals surface area contributed by atoms with Gasteiger partial charge < -0.3 is 0 Å². The van der Waals surface area contributed by atoms with Crippen LogP contribution in [0, 0.1) is 6.92 Å². The minimum atomic E-state index is -0.223. The van der Waals surface area contributed by atoms with E-state index in [9.17, 15) is 4.79 Å². The van der Waals surface area contributed by atoms with Gasteiger partial charge in [0.2, 0.25) is 0 Å². The van der Waals surface area contributed by atoms with E-state index in [1.165, 1.54) is 5.56 Å². The molecule has 0 unspecified atom stereocenters. The summed E-state index contributed by atoms with van der Waals surface area (Å²) in [5.41, 5.74) is 6.17. The van der Waals surface area contributed by atoms with Crippen LogP contribution < -0.4 is 5.43 Å². The summed E-state index contributed by atoms with van der Waals surface area (Å²) in [6.07, 6.45) is 1.52. The Bertz CT molecular complexity index is 681. The zero-order valence-corrected chi connectivity index (χ0v) is 13.5. The first kappa shape index (κ1) is 16.2. The molecule has 114 valence electrons. The monoisotopic (exact) mass is 314 g/mol. The number of nitrogens with zero attached hydrogens (tertiary/aromatic N) is 1. The van der Waals surface area contributed by atoms with Crippen molar-refractivity contribution >= 4 is 23.2 Å². The van der Waals surface area contributed by atoms with Crippen LogP contribution in [-0.2, 0) is 6.42 Å². The molecule has 4 heteroatoms. The predicted molar refractivity (Wildman–Crippen MR) is 91.5 cm³/mol. The van der Waals surface area contributed by atoms with Gasteiger partial charge in [0.15, 0.2) is 0 Å². The molecule has 0 saturated carbocycles. The highest BCUT2D eigenvalue weighted by molar-refractivity contribution is 6.31. The van der Waals surface area contributed by atoms with Gasteiger partial charge in [-0.25, -0.2) is 5.43 Å². The number of hydrogen-bond donors (Lipinski definition) is 1. The quantitative estimate of drug-likeness (QED) is 0.645. The third kappa shape index (κ3) is 4.43. The van der Waals surface area contributed by atoms with Crippen LogP contribution in [0.1, 0.15) is 34.8 Å².